The average Bonchev–Trinajstić information content (AvgIpc) is 3.37. The first-order chi connectivity index (χ1) is 15.4. The molecule has 32 heavy (non-hydrogen) atoms. The number of aliphatic hydroxyl groups is 1. The summed E-state index contributed by atoms with van der Waals surface area (Å²) in [6.07, 6.45) is -0.0987. The van der Waals surface area contributed by atoms with Crippen molar-refractivity contribution in [2.24, 2.45) is 11.8 Å². The van der Waals surface area contributed by atoms with Crippen molar-refractivity contribution in [3.63, 3.8) is 0 Å². The van der Waals surface area contributed by atoms with Crippen LogP contribution in [-0.4, -0.2) is 114 Å². The quantitative estimate of drug-likeness (QED) is 0.315. The number of carbonyl (C=O) groups is 3. The van der Waals surface area contributed by atoms with Crippen LogP contribution in [-0.2, 0) is 28.6 Å². The fourth-order valence-corrected chi connectivity index (χ4v) is 6.64. The number of hydrogen-bond acceptors (Lipinski definition) is 8. The van der Waals surface area contributed by atoms with Gasteiger partial charge in [0.2, 0.25) is 11.8 Å². The lowest BCUT2D eigenvalue weighted by Crippen LogP contribution is -2.58. The zero-order chi connectivity index (χ0) is 23.0. The van der Waals surface area contributed by atoms with Crippen LogP contribution in [0.2, 0.25) is 0 Å². The molecule has 2 N–H and O–H groups in total. The number of aliphatic hydroxyl groups excluding tert-OH is 1. The number of fused-ring (bicyclic) bond motifs is 1. The molecular weight excluding hydrogens is 486 g/mol. The number of rotatable bonds is 8. The lowest BCUT2D eigenvalue weighted by atomic mass is 9.70. The Balaban J connectivity index is 1.57. The number of amides is 2. The summed E-state index contributed by atoms with van der Waals surface area (Å²) in [7, 11) is 0. The summed E-state index contributed by atoms with van der Waals surface area (Å²) in [5.41, 5.74) is -1.13. The van der Waals surface area contributed by atoms with Gasteiger partial charge in [-0.3, -0.25) is 19.3 Å². The lowest BCUT2D eigenvalue weighted by Gasteiger charge is -2.36. The van der Waals surface area contributed by atoms with Crippen LogP contribution in [0.25, 0.3) is 0 Å². The number of nitrogens with zero attached hydrogens (tertiary/aromatic N) is 2. The summed E-state index contributed by atoms with van der Waals surface area (Å²) >= 11 is 3.60. The van der Waals surface area contributed by atoms with Gasteiger partial charge in [0.15, 0.2) is 0 Å². The monoisotopic (exact) mass is 517 g/mol. The van der Waals surface area contributed by atoms with Crippen LogP contribution >= 0.6 is 15.9 Å². The fraction of sp³-hybridized carbons (Fsp3) is 0.857. The molecule has 0 aromatic carbocycles. The SMILES string of the molecule is CCOC(=O)[C@H]1[C@H]2C(=O)N([C@H](C)CO)C(C(=O)NCCN3CCOCC3)C23CC(Br)[C@@H]1O3. The van der Waals surface area contributed by atoms with Gasteiger partial charge in [0.1, 0.15) is 11.6 Å². The summed E-state index contributed by atoms with van der Waals surface area (Å²) in [5.74, 6) is -2.71. The van der Waals surface area contributed by atoms with Crippen LogP contribution in [0.3, 0.4) is 0 Å². The van der Waals surface area contributed by atoms with Crippen molar-refractivity contribution in [2.45, 2.75) is 48.9 Å². The maximum absolute atomic E-state index is 13.5. The van der Waals surface area contributed by atoms with Crippen molar-refractivity contribution in [1.29, 1.82) is 0 Å². The minimum atomic E-state index is -1.13. The molecule has 4 aliphatic rings. The van der Waals surface area contributed by atoms with E-state index < -0.39 is 41.6 Å². The Morgan fingerprint density at radius 3 is 2.75 bits per heavy atom. The number of nitrogens with one attached hydrogen (secondary N) is 1. The number of carbonyl (C=O) groups excluding carboxylic acids is 3. The Bertz CT molecular complexity index is 749. The lowest BCUT2D eigenvalue weighted by molar-refractivity contribution is -0.155. The topological polar surface area (TPSA) is 118 Å². The number of ether oxygens (including phenoxy) is 3. The van der Waals surface area contributed by atoms with Crippen molar-refractivity contribution in [3.05, 3.63) is 0 Å². The third kappa shape index (κ3) is 3.85. The smallest absolute Gasteiger partial charge is 0.312 e. The number of esters is 1. The molecule has 4 rings (SSSR count). The van der Waals surface area contributed by atoms with Crippen LogP contribution in [0.4, 0.5) is 0 Å². The molecule has 0 radical (unpaired) electrons. The number of likely N-dealkylation sites (tertiary alicyclic amines) is 1. The Kier molecular flexibility index (Phi) is 7.11. The van der Waals surface area contributed by atoms with Crippen LogP contribution < -0.4 is 5.32 Å². The second-order valence-corrected chi connectivity index (χ2v) is 10.1. The number of alkyl halides is 1. The van der Waals surface area contributed by atoms with Gasteiger partial charge in [0.25, 0.3) is 0 Å². The summed E-state index contributed by atoms with van der Waals surface area (Å²) in [6.45, 7) is 7.40. The molecule has 3 unspecified atom stereocenters. The minimum Gasteiger partial charge on any atom is -0.466 e. The highest BCUT2D eigenvalue weighted by Gasteiger charge is 2.77. The Labute approximate surface area is 196 Å². The first-order valence-corrected chi connectivity index (χ1v) is 12.3. The third-order valence-corrected chi connectivity index (χ3v) is 7.95. The minimum absolute atomic E-state index is 0.172. The van der Waals surface area contributed by atoms with Crippen LogP contribution in [0.5, 0.6) is 0 Å². The molecule has 4 saturated heterocycles. The highest BCUT2D eigenvalue weighted by atomic mass is 79.9. The summed E-state index contributed by atoms with van der Waals surface area (Å²) in [6, 6.07) is -1.51. The molecule has 0 saturated carbocycles. The molecule has 2 bridgehead atoms. The zero-order valence-electron chi connectivity index (χ0n) is 18.5. The molecule has 4 fully saturated rings. The van der Waals surface area contributed by atoms with Gasteiger partial charge in [-0.1, -0.05) is 15.9 Å². The van der Waals surface area contributed by atoms with E-state index in [-0.39, 0.29) is 29.9 Å². The van der Waals surface area contributed by atoms with Crippen molar-refractivity contribution >= 4 is 33.7 Å². The molecule has 180 valence electrons. The van der Waals surface area contributed by atoms with E-state index in [2.05, 4.69) is 26.1 Å². The van der Waals surface area contributed by atoms with Crippen LogP contribution in [0.1, 0.15) is 20.3 Å². The van der Waals surface area contributed by atoms with Gasteiger partial charge in [-0.15, -0.1) is 0 Å². The van der Waals surface area contributed by atoms with E-state index >= 15 is 0 Å². The number of halogens is 1. The van der Waals surface area contributed by atoms with Gasteiger partial charge < -0.3 is 29.5 Å². The van der Waals surface area contributed by atoms with E-state index in [1.165, 1.54) is 4.90 Å². The van der Waals surface area contributed by atoms with Crippen LogP contribution in [0, 0.1) is 11.8 Å². The summed E-state index contributed by atoms with van der Waals surface area (Å²) in [4.78, 5) is 43.2. The van der Waals surface area contributed by atoms with E-state index in [0.717, 1.165) is 13.1 Å². The van der Waals surface area contributed by atoms with Crippen LogP contribution in [0.15, 0.2) is 0 Å². The maximum Gasteiger partial charge on any atom is 0.312 e. The van der Waals surface area contributed by atoms with Crippen molar-refractivity contribution in [3.8, 4) is 0 Å². The summed E-state index contributed by atoms with van der Waals surface area (Å²) < 4.78 is 16.9. The molecule has 11 heteroatoms. The average molecular weight is 518 g/mol. The van der Waals surface area contributed by atoms with Crippen molar-refractivity contribution < 1.29 is 33.7 Å². The molecule has 0 aromatic rings. The molecular formula is C21H32BrN3O7. The molecule has 0 aliphatic carbocycles. The highest BCUT2D eigenvalue weighted by Crippen LogP contribution is 2.60. The van der Waals surface area contributed by atoms with Crippen molar-refractivity contribution in [2.75, 3.05) is 52.6 Å². The Morgan fingerprint density at radius 2 is 2.09 bits per heavy atom. The molecule has 2 amide bonds. The zero-order valence-corrected chi connectivity index (χ0v) is 20.1. The van der Waals surface area contributed by atoms with Gasteiger partial charge in [-0.05, 0) is 20.3 Å². The fourth-order valence-electron chi connectivity index (χ4n) is 5.70. The first-order valence-electron chi connectivity index (χ1n) is 11.3. The second-order valence-electron chi connectivity index (χ2n) is 8.94. The number of hydrogen-bond donors (Lipinski definition) is 2. The second kappa shape index (κ2) is 9.54. The predicted octanol–water partition coefficient (Wildman–Crippen LogP) is -0.873. The third-order valence-electron chi connectivity index (χ3n) is 7.10. The first kappa shape index (κ1) is 23.9. The van der Waals surface area contributed by atoms with E-state index in [0.29, 0.717) is 32.7 Å². The molecule has 1 spiro atoms. The number of morpholine rings is 1. The van der Waals surface area contributed by atoms with Gasteiger partial charge in [-0.2, -0.15) is 0 Å². The molecule has 4 aliphatic heterocycles. The Hall–Kier alpha value is -1.27. The van der Waals surface area contributed by atoms with E-state index in [1.807, 2.05) is 0 Å². The van der Waals surface area contributed by atoms with E-state index in [4.69, 9.17) is 14.2 Å². The normalized spacial score (nSPS) is 37.4. The Morgan fingerprint density at radius 1 is 1.38 bits per heavy atom. The van der Waals surface area contributed by atoms with Gasteiger partial charge in [-0.25, -0.2) is 0 Å². The summed E-state index contributed by atoms with van der Waals surface area (Å²) in [5, 5.41) is 12.8. The largest absolute Gasteiger partial charge is 0.466 e. The standard InChI is InChI=1S/C21H32BrN3O7/c1-3-31-20(29)14-15-19(28)25(12(2)11-26)17(21(15)10-13(22)16(14)32-21)18(27)23-4-5-24-6-8-30-9-7-24/h12-17,26H,3-11H2,1-2H3,(H,23,27)/t12-,13?,14+,15+,16+,17?,21?/m1/s1. The van der Waals surface area contributed by atoms with E-state index in [9.17, 15) is 19.5 Å². The van der Waals surface area contributed by atoms with E-state index in [1.54, 1.807) is 13.8 Å². The maximum atomic E-state index is 13.5. The predicted molar refractivity (Wildman–Crippen MR) is 116 cm³/mol. The highest BCUT2D eigenvalue weighted by molar-refractivity contribution is 9.09. The molecule has 4 heterocycles. The molecule has 7 atom stereocenters. The van der Waals surface area contributed by atoms with Gasteiger partial charge >= 0.3 is 5.97 Å². The van der Waals surface area contributed by atoms with Crippen molar-refractivity contribution in [1.82, 2.24) is 15.1 Å². The molecule has 0 aromatic heterocycles. The molecule has 10 nitrogen and oxygen atoms in total. The van der Waals surface area contributed by atoms with Gasteiger partial charge in [0.05, 0.1) is 50.4 Å². The van der Waals surface area contributed by atoms with Gasteiger partial charge in [0, 0.05) is 31.0 Å².